The van der Waals surface area contributed by atoms with Gasteiger partial charge < -0.3 is 20.7 Å². The maximum Gasteiger partial charge on any atom is 0.247 e. The number of hydrogen-bond acceptors (Lipinski definition) is 7. The number of morpholine rings is 1. The molecule has 9 nitrogen and oxygen atoms in total. The predicted octanol–water partition coefficient (Wildman–Crippen LogP) is 3.20. The van der Waals surface area contributed by atoms with Crippen LogP contribution < -0.4 is 16.0 Å². The number of fused-ring (bicyclic) bond motifs is 1. The molecule has 1 fully saturated rings. The molecule has 1 aliphatic heterocycles. The number of benzene rings is 2. The molecule has 10 heteroatoms. The van der Waals surface area contributed by atoms with E-state index in [4.69, 9.17) is 9.72 Å². The van der Waals surface area contributed by atoms with E-state index in [0.29, 0.717) is 37.7 Å². The van der Waals surface area contributed by atoms with Crippen molar-refractivity contribution in [3.05, 3.63) is 76.8 Å². The van der Waals surface area contributed by atoms with Gasteiger partial charge in [-0.25, -0.2) is 4.98 Å². The number of amides is 3. The van der Waals surface area contributed by atoms with Crippen LogP contribution in [0.25, 0.3) is 10.2 Å². The van der Waals surface area contributed by atoms with E-state index < -0.39 is 12.1 Å². The van der Waals surface area contributed by atoms with E-state index in [-0.39, 0.29) is 30.7 Å². The van der Waals surface area contributed by atoms with Crippen LogP contribution >= 0.6 is 11.3 Å². The van der Waals surface area contributed by atoms with Crippen molar-refractivity contribution in [3.8, 4) is 0 Å². The highest BCUT2D eigenvalue weighted by molar-refractivity contribution is 7.18. The topological polar surface area (TPSA) is 113 Å². The minimum atomic E-state index is -0.808. The second kappa shape index (κ2) is 15.0. The average Bonchev–Trinajstić information content (AvgIpc) is 3.37. The maximum atomic E-state index is 13.6. The van der Waals surface area contributed by atoms with Crippen molar-refractivity contribution < 1.29 is 19.1 Å². The molecule has 0 saturated carbocycles. The van der Waals surface area contributed by atoms with Crippen molar-refractivity contribution in [3.63, 3.8) is 0 Å². The minimum absolute atomic E-state index is 0.216. The van der Waals surface area contributed by atoms with E-state index in [1.165, 1.54) is 23.8 Å². The van der Waals surface area contributed by atoms with Crippen molar-refractivity contribution in [2.75, 3.05) is 39.4 Å². The van der Waals surface area contributed by atoms with Crippen molar-refractivity contribution >= 4 is 39.3 Å². The molecule has 224 valence electrons. The van der Waals surface area contributed by atoms with Gasteiger partial charge in [0.05, 0.1) is 34.5 Å². The second-order valence-electron chi connectivity index (χ2n) is 11.0. The Morgan fingerprint density at radius 2 is 1.79 bits per heavy atom. The van der Waals surface area contributed by atoms with Crippen molar-refractivity contribution in [2.45, 2.75) is 51.6 Å². The van der Waals surface area contributed by atoms with E-state index in [1.807, 2.05) is 36.4 Å². The highest BCUT2D eigenvalue weighted by Crippen LogP contribution is 2.27. The summed E-state index contributed by atoms with van der Waals surface area (Å²) >= 11 is 1.53. The number of nitrogens with zero attached hydrogens (tertiary/aromatic N) is 2. The van der Waals surface area contributed by atoms with Gasteiger partial charge in [-0.1, -0.05) is 56.8 Å². The number of ether oxygens (including phenoxy) is 1. The molecule has 0 spiro atoms. The Kier molecular flexibility index (Phi) is 11.2. The quantitative estimate of drug-likeness (QED) is 0.263. The number of hydrogen-bond donors (Lipinski definition) is 3. The zero-order chi connectivity index (χ0) is 30.1. The molecule has 0 radical (unpaired) electrons. The Bertz CT molecular complexity index is 1380. The molecule has 1 saturated heterocycles. The summed E-state index contributed by atoms with van der Waals surface area (Å²) < 4.78 is 6.44. The van der Waals surface area contributed by atoms with Gasteiger partial charge in [0, 0.05) is 45.1 Å². The van der Waals surface area contributed by atoms with Crippen LogP contribution in [0.4, 0.5) is 0 Å². The van der Waals surface area contributed by atoms with Gasteiger partial charge in [0.1, 0.15) is 6.04 Å². The van der Waals surface area contributed by atoms with Crippen LogP contribution in [0.2, 0.25) is 0 Å². The first-order valence-corrected chi connectivity index (χ1v) is 15.3. The molecule has 0 unspecified atom stereocenters. The highest BCUT2D eigenvalue weighted by Gasteiger charge is 2.25. The Balaban J connectivity index is 1.44. The Labute approximate surface area is 251 Å². The number of rotatable bonds is 13. The largest absolute Gasteiger partial charge is 0.379 e. The Hall–Kier alpha value is -3.60. The molecule has 1 aromatic heterocycles. The molecular weight excluding hydrogens is 550 g/mol. The Morgan fingerprint density at radius 1 is 1.05 bits per heavy atom. The van der Waals surface area contributed by atoms with Crippen LogP contribution in [-0.4, -0.2) is 79.1 Å². The van der Waals surface area contributed by atoms with Crippen LogP contribution in [0, 0.1) is 0 Å². The van der Waals surface area contributed by atoms with Gasteiger partial charge in [0.25, 0.3) is 0 Å². The van der Waals surface area contributed by atoms with Crippen molar-refractivity contribution in [2.24, 2.45) is 0 Å². The normalized spacial score (nSPS) is 15.2. The lowest BCUT2D eigenvalue weighted by atomic mass is 10.0. The number of carbonyl (C=O) groups excluding carboxylic acids is 3. The first kappa shape index (κ1) is 31.3. The fraction of sp³-hybridized carbons (Fsp3) is 0.438. The lowest BCUT2D eigenvalue weighted by Crippen LogP contribution is -2.53. The summed E-state index contributed by atoms with van der Waals surface area (Å²) in [5.41, 5.74) is 3.59. The smallest absolute Gasteiger partial charge is 0.247 e. The first-order chi connectivity index (χ1) is 20.2. The summed E-state index contributed by atoms with van der Waals surface area (Å²) in [6.07, 6.45) is 0.775. The lowest BCUT2D eigenvalue weighted by Gasteiger charge is -2.27. The zero-order valence-electron chi connectivity index (χ0n) is 24.7. The fourth-order valence-corrected chi connectivity index (χ4v) is 5.94. The van der Waals surface area contributed by atoms with E-state index in [9.17, 15) is 14.4 Å². The van der Waals surface area contributed by atoms with E-state index in [1.54, 1.807) is 0 Å². The summed E-state index contributed by atoms with van der Waals surface area (Å²) in [6, 6.07) is 14.8. The molecule has 2 heterocycles. The molecule has 3 aromatic rings. The third kappa shape index (κ3) is 9.20. The number of aromatic nitrogens is 1. The maximum absolute atomic E-state index is 13.6. The summed E-state index contributed by atoms with van der Waals surface area (Å²) in [6.45, 7) is 13.2. The van der Waals surface area contributed by atoms with Crippen LogP contribution in [0.1, 0.15) is 42.8 Å². The molecule has 4 rings (SSSR count). The Morgan fingerprint density at radius 3 is 2.48 bits per heavy atom. The van der Waals surface area contributed by atoms with Gasteiger partial charge in [0.2, 0.25) is 17.7 Å². The molecule has 0 aliphatic carbocycles. The summed E-state index contributed by atoms with van der Waals surface area (Å²) in [7, 11) is 0. The van der Waals surface area contributed by atoms with Gasteiger partial charge >= 0.3 is 0 Å². The van der Waals surface area contributed by atoms with Gasteiger partial charge in [-0.15, -0.1) is 11.3 Å². The van der Waals surface area contributed by atoms with Gasteiger partial charge in [0.15, 0.2) is 0 Å². The highest BCUT2D eigenvalue weighted by atomic mass is 32.1. The number of carbonyl (C=O) groups is 3. The molecule has 3 N–H and O–H groups in total. The van der Waals surface area contributed by atoms with Crippen LogP contribution in [0.15, 0.2) is 60.7 Å². The van der Waals surface area contributed by atoms with Gasteiger partial charge in [-0.3, -0.25) is 19.3 Å². The molecule has 3 amide bonds. The molecule has 42 heavy (non-hydrogen) atoms. The van der Waals surface area contributed by atoms with Crippen molar-refractivity contribution in [1.82, 2.24) is 25.8 Å². The summed E-state index contributed by atoms with van der Waals surface area (Å²) in [5, 5.41) is 9.60. The van der Waals surface area contributed by atoms with Gasteiger partial charge in [-0.05, 0) is 35.6 Å². The SMILES string of the molecule is C=C(CN1CCOCC1)C(=O)NC[C@H](Cc1ccccc1)NC(=O)[C@H](Cc1nc2ccc(C(C)C)cc2s1)NC(C)=O. The summed E-state index contributed by atoms with van der Waals surface area (Å²) in [4.78, 5) is 45.4. The molecule has 1 aliphatic rings. The second-order valence-corrected chi connectivity index (χ2v) is 12.2. The van der Waals surface area contributed by atoms with Gasteiger partial charge in [-0.2, -0.15) is 0 Å². The third-order valence-electron chi connectivity index (χ3n) is 7.22. The summed E-state index contributed by atoms with van der Waals surface area (Å²) in [5.74, 6) is -0.473. The lowest BCUT2D eigenvalue weighted by molar-refractivity contribution is -0.128. The first-order valence-electron chi connectivity index (χ1n) is 14.4. The number of nitrogens with one attached hydrogen (secondary N) is 3. The molecule has 2 aromatic carbocycles. The van der Waals surface area contributed by atoms with Crippen LogP contribution in [0.5, 0.6) is 0 Å². The molecule has 0 bridgehead atoms. The van der Waals surface area contributed by atoms with Crippen LogP contribution in [-0.2, 0) is 32.0 Å². The van der Waals surface area contributed by atoms with E-state index in [0.717, 1.165) is 33.9 Å². The molecule has 2 atom stereocenters. The van der Waals surface area contributed by atoms with E-state index >= 15 is 0 Å². The number of thiazole rings is 1. The minimum Gasteiger partial charge on any atom is -0.379 e. The third-order valence-corrected chi connectivity index (χ3v) is 8.26. The standard InChI is InChI=1S/C32H41N5O4S/c1-21(2)25-10-11-27-29(17-25)42-30(36-27)18-28(34-23(4)38)32(40)35-26(16-24-8-6-5-7-9-24)19-33-31(39)22(3)20-37-12-14-41-15-13-37/h5-11,17,21,26,28H,3,12-16,18-20H2,1-2,4H3,(H,33,39)(H,34,38)(H,35,40)/t26-,28-/m0/s1. The average molecular weight is 592 g/mol. The van der Waals surface area contributed by atoms with E-state index in [2.05, 4.69) is 53.4 Å². The molecular formula is C32H41N5O4S. The van der Waals surface area contributed by atoms with Crippen LogP contribution in [0.3, 0.4) is 0 Å². The monoisotopic (exact) mass is 591 g/mol. The fourth-order valence-electron chi connectivity index (χ4n) is 4.88. The zero-order valence-corrected chi connectivity index (χ0v) is 25.5. The predicted molar refractivity (Wildman–Crippen MR) is 167 cm³/mol. The van der Waals surface area contributed by atoms with Crippen molar-refractivity contribution in [1.29, 1.82) is 0 Å².